The van der Waals surface area contributed by atoms with Crippen LogP contribution in [-0.2, 0) is 0 Å². The summed E-state index contributed by atoms with van der Waals surface area (Å²) in [4.78, 5) is 2.32. The van der Waals surface area contributed by atoms with Gasteiger partial charge in [-0.05, 0) is 25.4 Å². The highest BCUT2D eigenvalue weighted by molar-refractivity contribution is 5.07. The molecular weight excluding hydrogens is 110 g/mol. The van der Waals surface area contributed by atoms with Gasteiger partial charge in [-0.1, -0.05) is 20.8 Å². The molecule has 2 atom stereocenters. The van der Waals surface area contributed by atoms with E-state index in [1.54, 1.807) is 0 Å². The molecule has 0 spiro atoms. The van der Waals surface area contributed by atoms with Crippen LogP contribution < -0.4 is 0 Å². The lowest BCUT2D eigenvalue weighted by Gasteiger charge is -2.10. The Bertz CT molecular complexity index is 116. The van der Waals surface area contributed by atoms with E-state index < -0.39 is 0 Å². The van der Waals surface area contributed by atoms with Crippen molar-refractivity contribution in [3.63, 3.8) is 0 Å². The Morgan fingerprint density at radius 1 is 1.22 bits per heavy atom. The number of hydrogen-bond acceptors (Lipinski definition) is 1. The van der Waals surface area contributed by atoms with E-state index in [9.17, 15) is 0 Å². The minimum atomic E-state index is 0.573. The molecule has 1 fully saturated rings. The van der Waals surface area contributed by atoms with Crippen molar-refractivity contribution < 1.29 is 0 Å². The van der Waals surface area contributed by atoms with E-state index in [0.29, 0.717) is 5.41 Å². The molecule has 0 aromatic heterocycles. The number of rotatable bonds is 1. The minimum absolute atomic E-state index is 0.573. The average molecular weight is 127 g/mol. The van der Waals surface area contributed by atoms with Gasteiger partial charge in [0.2, 0.25) is 0 Å². The zero-order valence-corrected chi connectivity index (χ0v) is 7.10. The molecule has 0 N–H and O–H groups in total. The fraction of sp³-hybridized carbons (Fsp3) is 1.00. The molecule has 0 radical (unpaired) electrons. The normalized spacial score (nSPS) is 39.3. The monoisotopic (exact) mass is 127 g/mol. The van der Waals surface area contributed by atoms with Crippen LogP contribution in [0.25, 0.3) is 0 Å². The fourth-order valence-corrected chi connectivity index (χ4v) is 1.98. The molecule has 1 rings (SSSR count). The standard InChI is InChI=1S/C8H17N/c1-6-7(9(4)5)8(6,2)3/h6-7H,1-5H3. The zero-order chi connectivity index (χ0) is 7.23. The van der Waals surface area contributed by atoms with Crippen LogP contribution in [-0.4, -0.2) is 25.0 Å². The third-order valence-electron chi connectivity index (χ3n) is 2.86. The van der Waals surface area contributed by atoms with Gasteiger partial charge >= 0.3 is 0 Å². The van der Waals surface area contributed by atoms with E-state index in [1.807, 2.05) is 0 Å². The first-order valence-electron chi connectivity index (χ1n) is 3.64. The Balaban J connectivity index is 2.52. The minimum Gasteiger partial charge on any atom is -0.306 e. The summed E-state index contributed by atoms with van der Waals surface area (Å²) in [6.07, 6.45) is 0. The van der Waals surface area contributed by atoms with Crippen LogP contribution in [0.4, 0.5) is 0 Å². The van der Waals surface area contributed by atoms with Gasteiger partial charge in [0.05, 0.1) is 0 Å². The molecule has 0 aliphatic heterocycles. The van der Waals surface area contributed by atoms with Crippen LogP contribution in [0.2, 0.25) is 0 Å². The molecule has 0 bridgehead atoms. The zero-order valence-electron chi connectivity index (χ0n) is 7.10. The Labute approximate surface area is 58.0 Å². The van der Waals surface area contributed by atoms with Gasteiger partial charge in [0.1, 0.15) is 0 Å². The van der Waals surface area contributed by atoms with Crippen molar-refractivity contribution in [2.45, 2.75) is 26.8 Å². The van der Waals surface area contributed by atoms with Crippen LogP contribution in [0.3, 0.4) is 0 Å². The summed E-state index contributed by atoms with van der Waals surface area (Å²) in [5.41, 5.74) is 0.573. The lowest BCUT2D eigenvalue weighted by Crippen LogP contribution is -2.18. The third kappa shape index (κ3) is 0.877. The molecule has 1 saturated carbocycles. The van der Waals surface area contributed by atoms with Crippen molar-refractivity contribution in [2.75, 3.05) is 14.1 Å². The molecule has 0 saturated heterocycles. The Hall–Kier alpha value is -0.0400. The predicted molar refractivity (Wildman–Crippen MR) is 40.4 cm³/mol. The summed E-state index contributed by atoms with van der Waals surface area (Å²) in [6, 6.07) is 0.817. The molecular formula is C8H17N. The highest BCUT2D eigenvalue weighted by atomic mass is 15.2. The molecule has 0 aromatic carbocycles. The van der Waals surface area contributed by atoms with Gasteiger partial charge < -0.3 is 4.90 Å². The molecule has 9 heavy (non-hydrogen) atoms. The second-order valence-corrected chi connectivity index (χ2v) is 4.02. The van der Waals surface area contributed by atoms with Gasteiger partial charge in [-0.2, -0.15) is 0 Å². The highest BCUT2D eigenvalue weighted by Crippen LogP contribution is 2.53. The predicted octanol–water partition coefficient (Wildman–Crippen LogP) is 1.59. The van der Waals surface area contributed by atoms with Crippen LogP contribution >= 0.6 is 0 Å². The van der Waals surface area contributed by atoms with Gasteiger partial charge in [-0.25, -0.2) is 0 Å². The maximum atomic E-state index is 2.34. The quantitative estimate of drug-likeness (QED) is 0.517. The van der Waals surface area contributed by atoms with Crippen molar-refractivity contribution in [2.24, 2.45) is 11.3 Å². The topological polar surface area (TPSA) is 3.24 Å². The smallest absolute Gasteiger partial charge is 0.0175 e. The van der Waals surface area contributed by atoms with E-state index in [0.717, 1.165) is 12.0 Å². The Kier molecular flexibility index (Phi) is 1.35. The van der Waals surface area contributed by atoms with Crippen molar-refractivity contribution >= 4 is 0 Å². The van der Waals surface area contributed by atoms with E-state index >= 15 is 0 Å². The van der Waals surface area contributed by atoms with Gasteiger partial charge in [-0.15, -0.1) is 0 Å². The number of nitrogens with zero attached hydrogens (tertiary/aromatic N) is 1. The van der Waals surface area contributed by atoms with Crippen LogP contribution in [0.1, 0.15) is 20.8 Å². The van der Waals surface area contributed by atoms with Gasteiger partial charge in [-0.3, -0.25) is 0 Å². The van der Waals surface area contributed by atoms with Crippen molar-refractivity contribution in [3.8, 4) is 0 Å². The van der Waals surface area contributed by atoms with E-state index in [4.69, 9.17) is 0 Å². The molecule has 1 aliphatic carbocycles. The molecule has 1 nitrogen and oxygen atoms in total. The SMILES string of the molecule is CC1C(N(C)C)C1(C)C. The van der Waals surface area contributed by atoms with Crippen molar-refractivity contribution in [1.82, 2.24) is 4.90 Å². The molecule has 1 aliphatic rings. The third-order valence-corrected chi connectivity index (χ3v) is 2.86. The first kappa shape index (κ1) is 7.07. The van der Waals surface area contributed by atoms with Gasteiger partial charge in [0.25, 0.3) is 0 Å². The molecule has 54 valence electrons. The summed E-state index contributed by atoms with van der Waals surface area (Å²) in [5, 5.41) is 0. The van der Waals surface area contributed by atoms with Crippen LogP contribution in [0.15, 0.2) is 0 Å². The Morgan fingerprint density at radius 2 is 1.56 bits per heavy atom. The number of hydrogen-bond donors (Lipinski definition) is 0. The summed E-state index contributed by atoms with van der Waals surface area (Å²) < 4.78 is 0. The first-order chi connectivity index (χ1) is 3.98. The largest absolute Gasteiger partial charge is 0.306 e. The maximum Gasteiger partial charge on any atom is 0.0175 e. The fourth-order valence-electron chi connectivity index (χ4n) is 1.98. The summed E-state index contributed by atoms with van der Waals surface area (Å²) in [5.74, 6) is 0.882. The second-order valence-electron chi connectivity index (χ2n) is 4.02. The molecule has 0 aromatic rings. The summed E-state index contributed by atoms with van der Waals surface area (Å²) in [6.45, 7) is 7.00. The van der Waals surface area contributed by atoms with E-state index in [1.165, 1.54) is 0 Å². The van der Waals surface area contributed by atoms with Crippen LogP contribution in [0, 0.1) is 11.3 Å². The van der Waals surface area contributed by atoms with E-state index in [2.05, 4.69) is 39.8 Å². The first-order valence-corrected chi connectivity index (χ1v) is 3.64. The summed E-state index contributed by atoms with van der Waals surface area (Å²) in [7, 11) is 4.33. The van der Waals surface area contributed by atoms with Gasteiger partial charge in [0.15, 0.2) is 0 Å². The molecule has 0 heterocycles. The molecule has 2 unspecified atom stereocenters. The second kappa shape index (κ2) is 1.72. The van der Waals surface area contributed by atoms with Gasteiger partial charge in [0, 0.05) is 6.04 Å². The van der Waals surface area contributed by atoms with Crippen molar-refractivity contribution in [1.29, 1.82) is 0 Å². The lowest BCUT2D eigenvalue weighted by molar-refractivity contribution is 0.344. The highest BCUT2D eigenvalue weighted by Gasteiger charge is 2.55. The van der Waals surface area contributed by atoms with Crippen molar-refractivity contribution in [3.05, 3.63) is 0 Å². The Morgan fingerprint density at radius 3 is 1.56 bits per heavy atom. The average Bonchev–Trinajstić information content (AvgIpc) is 2.07. The van der Waals surface area contributed by atoms with E-state index in [-0.39, 0.29) is 0 Å². The lowest BCUT2D eigenvalue weighted by atomic mass is 10.1. The molecule has 1 heteroatoms. The van der Waals surface area contributed by atoms with Crippen LogP contribution in [0.5, 0.6) is 0 Å². The molecule has 0 amide bonds. The maximum absolute atomic E-state index is 2.34. The summed E-state index contributed by atoms with van der Waals surface area (Å²) >= 11 is 0.